The zero-order valence-corrected chi connectivity index (χ0v) is 10.5. The molecule has 0 saturated heterocycles. The maximum Gasteiger partial charge on any atom is 0.237 e. The lowest BCUT2D eigenvalue weighted by molar-refractivity contribution is -0.115. The zero-order valence-electron chi connectivity index (χ0n) is 9.75. The van der Waals surface area contributed by atoms with Gasteiger partial charge in [-0.15, -0.1) is 0 Å². The second-order valence-electron chi connectivity index (χ2n) is 4.74. The van der Waals surface area contributed by atoms with Crippen LogP contribution >= 0.6 is 11.6 Å². The minimum atomic E-state index is -0.436. The van der Waals surface area contributed by atoms with E-state index in [1.165, 1.54) is 0 Å². The Morgan fingerprint density at radius 1 is 1.25 bits per heavy atom. The highest BCUT2D eigenvalue weighted by molar-refractivity contribution is 6.64. The third-order valence-electron chi connectivity index (χ3n) is 2.23. The molecule has 0 bridgehead atoms. The molecule has 0 aromatic heterocycles. The van der Waals surface area contributed by atoms with E-state index in [2.05, 4.69) is 11.8 Å². The molecule has 0 heterocycles. The average molecular weight is 235 g/mol. The van der Waals surface area contributed by atoms with E-state index >= 15 is 0 Å². The van der Waals surface area contributed by atoms with Crippen LogP contribution in [-0.4, -0.2) is 5.24 Å². The van der Waals surface area contributed by atoms with Crippen molar-refractivity contribution in [3.05, 3.63) is 35.9 Å². The minimum Gasteiger partial charge on any atom is -0.280 e. The topological polar surface area (TPSA) is 17.1 Å². The van der Waals surface area contributed by atoms with Crippen LogP contribution in [-0.2, 0) is 4.79 Å². The van der Waals surface area contributed by atoms with Gasteiger partial charge in [-0.2, -0.15) is 0 Å². The predicted octanol–water partition coefficient (Wildman–Crippen LogP) is 3.47. The summed E-state index contributed by atoms with van der Waals surface area (Å²) >= 11 is 5.55. The van der Waals surface area contributed by atoms with E-state index in [-0.39, 0.29) is 5.41 Å². The molecule has 1 aromatic carbocycles. The summed E-state index contributed by atoms with van der Waals surface area (Å²) in [5.74, 6) is 5.49. The van der Waals surface area contributed by atoms with Crippen molar-refractivity contribution in [2.45, 2.75) is 20.8 Å². The van der Waals surface area contributed by atoms with Crippen molar-refractivity contribution in [3.8, 4) is 11.8 Å². The smallest absolute Gasteiger partial charge is 0.237 e. The van der Waals surface area contributed by atoms with Crippen LogP contribution < -0.4 is 0 Å². The first-order valence-electron chi connectivity index (χ1n) is 5.17. The van der Waals surface area contributed by atoms with Crippen LogP contribution in [0.2, 0.25) is 0 Å². The van der Waals surface area contributed by atoms with E-state index in [4.69, 9.17) is 11.6 Å². The molecule has 0 aliphatic rings. The van der Waals surface area contributed by atoms with Gasteiger partial charge in [0.25, 0.3) is 0 Å². The van der Waals surface area contributed by atoms with E-state index in [0.717, 1.165) is 5.56 Å². The fourth-order valence-corrected chi connectivity index (χ4v) is 1.67. The molecule has 2 heteroatoms. The van der Waals surface area contributed by atoms with Gasteiger partial charge >= 0.3 is 0 Å². The molecule has 0 saturated carbocycles. The molecule has 84 valence electrons. The Bertz CT molecular complexity index is 418. The Kier molecular flexibility index (Phi) is 4.15. The molecular formula is C14H15ClO. The van der Waals surface area contributed by atoms with Crippen LogP contribution in [0.4, 0.5) is 0 Å². The molecule has 1 unspecified atom stereocenters. The highest BCUT2D eigenvalue weighted by Gasteiger charge is 2.28. The van der Waals surface area contributed by atoms with Gasteiger partial charge in [-0.05, 0) is 29.1 Å². The fraction of sp³-hybridized carbons (Fsp3) is 0.357. The maximum absolute atomic E-state index is 11.3. The lowest BCUT2D eigenvalue weighted by atomic mass is 9.82. The third-order valence-corrected chi connectivity index (χ3v) is 2.45. The summed E-state index contributed by atoms with van der Waals surface area (Å²) in [6.07, 6.45) is 0. The number of carbonyl (C=O) groups is 1. The molecule has 0 fully saturated rings. The van der Waals surface area contributed by atoms with E-state index in [1.807, 2.05) is 51.1 Å². The molecule has 0 amide bonds. The van der Waals surface area contributed by atoms with Crippen LogP contribution in [0, 0.1) is 23.2 Å². The molecule has 0 spiro atoms. The van der Waals surface area contributed by atoms with E-state index in [0.29, 0.717) is 0 Å². The minimum absolute atomic E-state index is 0.236. The van der Waals surface area contributed by atoms with Crippen molar-refractivity contribution >= 4 is 16.8 Å². The van der Waals surface area contributed by atoms with Gasteiger partial charge in [-0.25, -0.2) is 0 Å². The fourth-order valence-electron chi connectivity index (χ4n) is 1.29. The van der Waals surface area contributed by atoms with Crippen molar-refractivity contribution in [2.75, 3.05) is 0 Å². The van der Waals surface area contributed by atoms with E-state index < -0.39 is 11.2 Å². The largest absolute Gasteiger partial charge is 0.280 e. The van der Waals surface area contributed by atoms with Crippen LogP contribution in [0.3, 0.4) is 0 Å². The first-order chi connectivity index (χ1) is 7.41. The summed E-state index contributed by atoms with van der Waals surface area (Å²) in [6, 6.07) is 9.58. The second kappa shape index (κ2) is 5.18. The van der Waals surface area contributed by atoms with Gasteiger partial charge in [-0.3, -0.25) is 4.79 Å². The monoisotopic (exact) mass is 234 g/mol. The Morgan fingerprint density at radius 3 is 2.25 bits per heavy atom. The van der Waals surface area contributed by atoms with Gasteiger partial charge in [0.1, 0.15) is 0 Å². The lowest BCUT2D eigenvalue weighted by Crippen LogP contribution is -2.24. The quantitative estimate of drug-likeness (QED) is 0.537. The summed E-state index contributed by atoms with van der Waals surface area (Å²) < 4.78 is 0. The Morgan fingerprint density at radius 2 is 1.81 bits per heavy atom. The Hall–Kier alpha value is -1.26. The molecule has 16 heavy (non-hydrogen) atoms. The van der Waals surface area contributed by atoms with Crippen molar-refractivity contribution in [3.63, 3.8) is 0 Å². The molecule has 0 radical (unpaired) electrons. The number of carbonyl (C=O) groups excluding carboxylic acids is 1. The van der Waals surface area contributed by atoms with Gasteiger partial charge in [0.05, 0.1) is 5.92 Å². The van der Waals surface area contributed by atoms with Crippen molar-refractivity contribution in [1.29, 1.82) is 0 Å². The highest BCUT2D eigenvalue weighted by atomic mass is 35.5. The van der Waals surface area contributed by atoms with Gasteiger partial charge in [0, 0.05) is 5.56 Å². The number of halogens is 1. The van der Waals surface area contributed by atoms with Crippen LogP contribution in [0.5, 0.6) is 0 Å². The van der Waals surface area contributed by atoms with Crippen molar-refractivity contribution in [2.24, 2.45) is 11.3 Å². The van der Waals surface area contributed by atoms with Crippen LogP contribution in [0.15, 0.2) is 30.3 Å². The summed E-state index contributed by atoms with van der Waals surface area (Å²) in [6.45, 7) is 5.87. The Labute approximate surface area is 102 Å². The molecule has 1 rings (SSSR count). The second-order valence-corrected chi connectivity index (χ2v) is 5.11. The number of rotatable bonds is 1. The van der Waals surface area contributed by atoms with Crippen molar-refractivity contribution in [1.82, 2.24) is 0 Å². The van der Waals surface area contributed by atoms with Gasteiger partial charge in [-0.1, -0.05) is 50.8 Å². The van der Waals surface area contributed by atoms with Gasteiger partial charge in [0.2, 0.25) is 5.24 Å². The molecule has 0 aliphatic carbocycles. The first-order valence-corrected chi connectivity index (χ1v) is 5.55. The summed E-state index contributed by atoms with van der Waals surface area (Å²) in [5, 5.41) is -0.393. The molecule has 1 aromatic rings. The van der Waals surface area contributed by atoms with E-state index in [1.54, 1.807) is 0 Å². The Balaban J connectivity index is 2.94. The maximum atomic E-state index is 11.3. The standard InChI is InChI=1S/C14H15ClO/c1-14(2,3)12(13(15)16)10-9-11-7-5-4-6-8-11/h4-8,12H,1-3H3. The van der Waals surface area contributed by atoms with Gasteiger partial charge < -0.3 is 0 Å². The predicted molar refractivity (Wildman–Crippen MR) is 67.1 cm³/mol. The summed E-state index contributed by atoms with van der Waals surface area (Å²) in [7, 11) is 0. The molecule has 0 aliphatic heterocycles. The number of benzene rings is 1. The van der Waals surface area contributed by atoms with Gasteiger partial charge in [0.15, 0.2) is 0 Å². The SMILES string of the molecule is CC(C)(C)C(C#Cc1ccccc1)C(=O)Cl. The summed E-state index contributed by atoms with van der Waals surface area (Å²) in [5.41, 5.74) is 0.662. The molecular weight excluding hydrogens is 220 g/mol. The number of hydrogen-bond donors (Lipinski definition) is 0. The number of hydrogen-bond acceptors (Lipinski definition) is 1. The lowest BCUT2D eigenvalue weighted by Gasteiger charge is -2.22. The molecule has 1 nitrogen and oxygen atoms in total. The van der Waals surface area contributed by atoms with Crippen LogP contribution in [0.1, 0.15) is 26.3 Å². The van der Waals surface area contributed by atoms with Crippen molar-refractivity contribution < 1.29 is 4.79 Å². The summed E-state index contributed by atoms with van der Waals surface area (Å²) in [4.78, 5) is 11.3. The third kappa shape index (κ3) is 3.72. The highest BCUT2D eigenvalue weighted by Crippen LogP contribution is 2.27. The molecule has 1 atom stereocenters. The normalized spacial score (nSPS) is 12.5. The zero-order chi connectivity index (χ0) is 12.2. The average Bonchev–Trinajstić information content (AvgIpc) is 2.17. The van der Waals surface area contributed by atoms with E-state index in [9.17, 15) is 4.79 Å². The molecule has 0 N–H and O–H groups in total. The van der Waals surface area contributed by atoms with Crippen LogP contribution in [0.25, 0.3) is 0 Å². The first kappa shape index (κ1) is 12.8.